The number of hydrogen-bond donors (Lipinski definition) is 0. The Morgan fingerprint density at radius 3 is 2.57 bits per heavy atom. The Bertz CT molecular complexity index is 272. The van der Waals surface area contributed by atoms with Crippen LogP contribution >= 0.6 is 0 Å². The van der Waals surface area contributed by atoms with Crippen molar-refractivity contribution in [3.63, 3.8) is 0 Å². The van der Waals surface area contributed by atoms with E-state index in [1.54, 1.807) is 0 Å². The first-order valence-corrected chi connectivity index (χ1v) is 5.22. The van der Waals surface area contributed by atoms with E-state index in [1.165, 1.54) is 5.57 Å². The molecule has 1 aliphatic carbocycles. The van der Waals surface area contributed by atoms with Crippen molar-refractivity contribution in [2.24, 2.45) is 5.92 Å². The number of carbonyl (C=O) groups excluding carboxylic acids is 1. The highest BCUT2D eigenvalue weighted by atomic mass is 16.5. The molecule has 0 fully saturated rings. The van der Waals surface area contributed by atoms with Gasteiger partial charge in [-0.3, -0.25) is 0 Å². The summed E-state index contributed by atoms with van der Waals surface area (Å²) in [5.41, 5.74) is 2.22. The lowest BCUT2D eigenvalue weighted by atomic mass is 9.91. The summed E-state index contributed by atoms with van der Waals surface area (Å²) >= 11 is 0. The van der Waals surface area contributed by atoms with E-state index in [0.29, 0.717) is 12.5 Å². The van der Waals surface area contributed by atoms with Gasteiger partial charge in [-0.2, -0.15) is 0 Å². The lowest BCUT2D eigenvalue weighted by molar-refractivity contribution is -0.138. The van der Waals surface area contributed by atoms with Crippen molar-refractivity contribution in [2.45, 2.75) is 33.6 Å². The van der Waals surface area contributed by atoms with E-state index in [9.17, 15) is 4.79 Å². The van der Waals surface area contributed by atoms with Gasteiger partial charge in [0.15, 0.2) is 0 Å². The van der Waals surface area contributed by atoms with Gasteiger partial charge in [-0.1, -0.05) is 31.6 Å². The number of rotatable bonds is 3. The van der Waals surface area contributed by atoms with Gasteiger partial charge in [0.2, 0.25) is 0 Å². The van der Waals surface area contributed by atoms with Crippen LogP contribution in [0.4, 0.5) is 0 Å². The van der Waals surface area contributed by atoms with Crippen LogP contribution in [0, 0.1) is 5.92 Å². The Labute approximate surface area is 85.6 Å². The first-order valence-electron chi connectivity index (χ1n) is 5.22. The minimum atomic E-state index is -0.161. The topological polar surface area (TPSA) is 26.3 Å². The Hall–Kier alpha value is -1.05. The fraction of sp³-hybridized carbons (Fsp3) is 0.583. The summed E-state index contributed by atoms with van der Waals surface area (Å²) in [5.74, 6) is 0.418. The third-order valence-electron chi connectivity index (χ3n) is 2.46. The van der Waals surface area contributed by atoms with Crippen LogP contribution in [-0.2, 0) is 9.53 Å². The van der Waals surface area contributed by atoms with E-state index in [2.05, 4.69) is 19.9 Å². The van der Waals surface area contributed by atoms with Crippen LogP contribution in [0.3, 0.4) is 0 Å². The maximum absolute atomic E-state index is 11.4. The number of ether oxygens (including phenoxy) is 1. The van der Waals surface area contributed by atoms with E-state index >= 15 is 0 Å². The van der Waals surface area contributed by atoms with Crippen molar-refractivity contribution in [1.29, 1.82) is 0 Å². The first kappa shape index (κ1) is 11.0. The lowest BCUT2D eigenvalue weighted by Gasteiger charge is -2.16. The van der Waals surface area contributed by atoms with Crippen molar-refractivity contribution >= 4 is 5.97 Å². The van der Waals surface area contributed by atoms with Gasteiger partial charge in [-0.15, -0.1) is 0 Å². The van der Waals surface area contributed by atoms with Crippen LogP contribution in [0.1, 0.15) is 33.6 Å². The fourth-order valence-corrected chi connectivity index (χ4v) is 1.53. The average Bonchev–Trinajstić information content (AvgIpc) is 2.18. The SMILES string of the molecule is CCOC(=O)C1=CC=C(C(C)C)CC1. The highest BCUT2D eigenvalue weighted by Crippen LogP contribution is 2.24. The molecular formula is C12H18O2. The number of allylic oxidation sites excluding steroid dienone is 3. The van der Waals surface area contributed by atoms with Gasteiger partial charge in [0.05, 0.1) is 6.61 Å². The van der Waals surface area contributed by atoms with Crippen molar-refractivity contribution in [3.05, 3.63) is 23.3 Å². The minimum absolute atomic E-state index is 0.161. The fourth-order valence-electron chi connectivity index (χ4n) is 1.53. The largest absolute Gasteiger partial charge is 0.463 e. The Morgan fingerprint density at radius 1 is 1.43 bits per heavy atom. The molecule has 0 saturated heterocycles. The zero-order valence-electron chi connectivity index (χ0n) is 9.17. The molecule has 78 valence electrons. The summed E-state index contributed by atoms with van der Waals surface area (Å²) in [7, 11) is 0. The van der Waals surface area contributed by atoms with Crippen LogP contribution in [0.25, 0.3) is 0 Å². The third-order valence-corrected chi connectivity index (χ3v) is 2.46. The van der Waals surface area contributed by atoms with Crippen LogP contribution in [-0.4, -0.2) is 12.6 Å². The maximum atomic E-state index is 11.4. The van der Waals surface area contributed by atoms with Gasteiger partial charge in [-0.25, -0.2) is 4.79 Å². The molecule has 14 heavy (non-hydrogen) atoms. The van der Waals surface area contributed by atoms with E-state index in [1.807, 2.05) is 13.0 Å². The van der Waals surface area contributed by atoms with Crippen molar-refractivity contribution in [1.82, 2.24) is 0 Å². The Morgan fingerprint density at radius 2 is 2.14 bits per heavy atom. The normalized spacial score (nSPS) is 16.3. The molecule has 0 radical (unpaired) electrons. The molecule has 1 aliphatic rings. The second-order valence-corrected chi connectivity index (χ2v) is 3.81. The van der Waals surface area contributed by atoms with Gasteiger partial charge in [0.1, 0.15) is 0 Å². The zero-order chi connectivity index (χ0) is 10.6. The molecule has 0 aromatic rings. The van der Waals surface area contributed by atoms with Gasteiger partial charge < -0.3 is 4.74 Å². The summed E-state index contributed by atoms with van der Waals surface area (Å²) in [5, 5.41) is 0. The van der Waals surface area contributed by atoms with Crippen LogP contribution < -0.4 is 0 Å². The molecule has 0 atom stereocenters. The summed E-state index contributed by atoms with van der Waals surface area (Å²) in [6, 6.07) is 0. The predicted molar refractivity (Wildman–Crippen MR) is 56.9 cm³/mol. The minimum Gasteiger partial charge on any atom is -0.463 e. The molecule has 1 rings (SSSR count). The molecule has 0 saturated carbocycles. The van der Waals surface area contributed by atoms with Crippen LogP contribution in [0.15, 0.2) is 23.3 Å². The molecule has 2 nitrogen and oxygen atoms in total. The van der Waals surface area contributed by atoms with Gasteiger partial charge >= 0.3 is 5.97 Å². The monoisotopic (exact) mass is 194 g/mol. The van der Waals surface area contributed by atoms with E-state index in [-0.39, 0.29) is 5.97 Å². The molecular weight excluding hydrogens is 176 g/mol. The second-order valence-electron chi connectivity index (χ2n) is 3.81. The average molecular weight is 194 g/mol. The highest BCUT2D eigenvalue weighted by molar-refractivity contribution is 5.89. The number of carbonyl (C=O) groups is 1. The molecule has 0 spiro atoms. The maximum Gasteiger partial charge on any atom is 0.333 e. The van der Waals surface area contributed by atoms with Crippen LogP contribution in [0.5, 0.6) is 0 Å². The van der Waals surface area contributed by atoms with Gasteiger partial charge in [-0.05, 0) is 25.7 Å². The molecule has 0 N–H and O–H groups in total. The molecule has 0 aromatic carbocycles. The molecule has 0 bridgehead atoms. The van der Waals surface area contributed by atoms with E-state index in [4.69, 9.17) is 4.74 Å². The summed E-state index contributed by atoms with van der Waals surface area (Å²) < 4.78 is 4.94. The standard InChI is InChI=1S/C12H18O2/c1-4-14-12(13)11-7-5-10(6-8-11)9(2)3/h5,7,9H,4,6,8H2,1-3H3. The van der Waals surface area contributed by atoms with Crippen molar-refractivity contribution in [3.8, 4) is 0 Å². The number of hydrogen-bond acceptors (Lipinski definition) is 2. The molecule has 0 heterocycles. The van der Waals surface area contributed by atoms with Crippen LogP contribution in [0.2, 0.25) is 0 Å². The van der Waals surface area contributed by atoms with Gasteiger partial charge in [0.25, 0.3) is 0 Å². The Balaban J connectivity index is 2.64. The summed E-state index contributed by atoms with van der Waals surface area (Å²) in [6.45, 7) is 6.64. The predicted octanol–water partition coefficient (Wildman–Crippen LogP) is 2.85. The summed E-state index contributed by atoms with van der Waals surface area (Å²) in [6.07, 6.45) is 5.77. The smallest absolute Gasteiger partial charge is 0.333 e. The van der Waals surface area contributed by atoms with Crippen molar-refractivity contribution in [2.75, 3.05) is 6.61 Å². The second kappa shape index (κ2) is 4.99. The quantitative estimate of drug-likeness (QED) is 0.646. The van der Waals surface area contributed by atoms with Gasteiger partial charge in [0, 0.05) is 5.57 Å². The lowest BCUT2D eigenvalue weighted by Crippen LogP contribution is -2.10. The van der Waals surface area contributed by atoms with E-state index in [0.717, 1.165) is 18.4 Å². The number of esters is 1. The Kier molecular flexibility index (Phi) is 3.93. The molecule has 0 aromatic heterocycles. The summed E-state index contributed by atoms with van der Waals surface area (Å²) in [4.78, 5) is 11.4. The first-order chi connectivity index (χ1) is 6.65. The molecule has 0 unspecified atom stereocenters. The van der Waals surface area contributed by atoms with Crippen molar-refractivity contribution < 1.29 is 9.53 Å². The molecule has 0 aliphatic heterocycles. The molecule has 0 amide bonds. The van der Waals surface area contributed by atoms with E-state index < -0.39 is 0 Å². The third kappa shape index (κ3) is 2.72. The zero-order valence-corrected chi connectivity index (χ0v) is 9.17. The highest BCUT2D eigenvalue weighted by Gasteiger charge is 2.15. The molecule has 2 heteroatoms.